The zero-order valence-corrected chi connectivity index (χ0v) is 10.4. The average molecular weight is 267 g/mol. The summed E-state index contributed by atoms with van der Waals surface area (Å²) in [6, 6.07) is -0.432. The van der Waals surface area contributed by atoms with Gasteiger partial charge in [-0.15, -0.1) is 0 Å². The van der Waals surface area contributed by atoms with E-state index in [1.807, 2.05) is 0 Å². The number of aryl methyl sites for hydroxylation is 1. The molecule has 0 saturated heterocycles. The zero-order chi connectivity index (χ0) is 14.0. The molecule has 0 saturated carbocycles. The molecular formula is C11H13N3O5. The Bertz CT molecular complexity index is 536. The first-order valence-corrected chi connectivity index (χ1v) is 5.66. The smallest absolute Gasteiger partial charge is 0.353 e. The summed E-state index contributed by atoms with van der Waals surface area (Å²) in [5.41, 5.74) is -0.167. The molecule has 1 amide bonds. The number of nitrogens with one attached hydrogen (secondary N) is 1. The van der Waals surface area contributed by atoms with E-state index in [-0.39, 0.29) is 12.1 Å². The maximum absolute atomic E-state index is 11.8. The number of oxazole rings is 1. The summed E-state index contributed by atoms with van der Waals surface area (Å²) in [5, 5.41) is 14.7. The molecule has 0 fully saturated rings. The second-order valence-corrected chi connectivity index (χ2v) is 4.18. The zero-order valence-electron chi connectivity index (χ0n) is 10.4. The van der Waals surface area contributed by atoms with E-state index in [9.17, 15) is 9.59 Å². The minimum Gasteiger partial charge on any atom is -0.477 e. The molecule has 2 rings (SSSR count). The molecule has 8 heteroatoms. The number of rotatable bonds is 4. The Morgan fingerprint density at radius 1 is 1.58 bits per heavy atom. The fourth-order valence-corrected chi connectivity index (χ4v) is 1.58. The first-order chi connectivity index (χ1) is 8.97. The second-order valence-electron chi connectivity index (χ2n) is 4.18. The van der Waals surface area contributed by atoms with E-state index in [0.717, 1.165) is 0 Å². The van der Waals surface area contributed by atoms with Crippen LogP contribution in [-0.4, -0.2) is 33.8 Å². The molecule has 0 spiro atoms. The van der Waals surface area contributed by atoms with E-state index in [1.165, 1.54) is 0 Å². The normalized spacial score (nSPS) is 19.5. The molecule has 0 bridgehead atoms. The SMILES string of the molecule is Cc1cnc(C(C)NC(=O)C2CC(C(=O)O)=NO2)o1. The minimum atomic E-state index is -1.19. The maximum atomic E-state index is 11.8. The van der Waals surface area contributed by atoms with Crippen molar-refractivity contribution in [3.8, 4) is 0 Å². The summed E-state index contributed by atoms with van der Waals surface area (Å²) in [6.07, 6.45) is 0.568. The van der Waals surface area contributed by atoms with Gasteiger partial charge < -0.3 is 19.7 Å². The minimum absolute atomic E-state index is 0.0570. The number of carbonyl (C=O) groups is 2. The number of carboxylic acids is 1. The monoisotopic (exact) mass is 267 g/mol. The summed E-state index contributed by atoms with van der Waals surface area (Å²) < 4.78 is 5.28. The lowest BCUT2D eigenvalue weighted by molar-refractivity contribution is -0.132. The predicted octanol–water partition coefficient (Wildman–Crippen LogP) is 0.390. The fraction of sp³-hybridized carbons (Fsp3) is 0.455. The van der Waals surface area contributed by atoms with E-state index < -0.39 is 24.0 Å². The largest absolute Gasteiger partial charge is 0.477 e. The van der Waals surface area contributed by atoms with E-state index in [0.29, 0.717) is 11.7 Å². The summed E-state index contributed by atoms with van der Waals surface area (Å²) >= 11 is 0. The van der Waals surface area contributed by atoms with Crippen molar-refractivity contribution in [2.24, 2.45) is 5.16 Å². The van der Waals surface area contributed by atoms with Gasteiger partial charge in [-0.2, -0.15) is 0 Å². The Morgan fingerprint density at radius 3 is 2.84 bits per heavy atom. The van der Waals surface area contributed by atoms with Gasteiger partial charge in [-0.3, -0.25) is 4.79 Å². The number of aliphatic carboxylic acids is 1. The molecule has 2 atom stereocenters. The Morgan fingerprint density at radius 2 is 2.32 bits per heavy atom. The highest BCUT2D eigenvalue weighted by Crippen LogP contribution is 2.15. The van der Waals surface area contributed by atoms with Crippen molar-refractivity contribution >= 4 is 17.6 Å². The summed E-state index contributed by atoms with van der Waals surface area (Å²) in [4.78, 5) is 31.2. The third-order valence-corrected chi connectivity index (χ3v) is 2.58. The Balaban J connectivity index is 1.90. The number of hydrogen-bond acceptors (Lipinski definition) is 6. The molecule has 1 aliphatic heterocycles. The molecular weight excluding hydrogens is 254 g/mol. The molecule has 1 aliphatic rings. The molecule has 0 radical (unpaired) electrons. The molecule has 2 N–H and O–H groups in total. The highest BCUT2D eigenvalue weighted by Gasteiger charge is 2.32. The number of oxime groups is 1. The third-order valence-electron chi connectivity index (χ3n) is 2.58. The number of amides is 1. The van der Waals surface area contributed by atoms with Crippen LogP contribution in [-0.2, 0) is 14.4 Å². The Kier molecular flexibility index (Phi) is 3.50. The van der Waals surface area contributed by atoms with Crippen LogP contribution in [0.5, 0.6) is 0 Å². The van der Waals surface area contributed by atoms with Crippen molar-refractivity contribution in [3.63, 3.8) is 0 Å². The quantitative estimate of drug-likeness (QED) is 0.815. The lowest BCUT2D eigenvalue weighted by Crippen LogP contribution is -2.36. The van der Waals surface area contributed by atoms with Crippen LogP contribution in [0.2, 0.25) is 0 Å². The Hall–Kier alpha value is -2.38. The highest BCUT2D eigenvalue weighted by atomic mass is 16.6. The first kappa shape index (κ1) is 13.1. The lowest BCUT2D eigenvalue weighted by atomic mass is 10.1. The Labute approximate surface area is 108 Å². The number of aromatic nitrogens is 1. The van der Waals surface area contributed by atoms with Crippen LogP contribution in [0.1, 0.15) is 31.0 Å². The number of nitrogens with zero attached hydrogens (tertiary/aromatic N) is 2. The van der Waals surface area contributed by atoms with Gasteiger partial charge in [0.1, 0.15) is 11.8 Å². The molecule has 2 heterocycles. The third kappa shape index (κ3) is 2.90. The summed E-state index contributed by atoms with van der Waals surface area (Å²) in [6.45, 7) is 3.45. The van der Waals surface area contributed by atoms with Gasteiger partial charge in [0.2, 0.25) is 12.0 Å². The van der Waals surface area contributed by atoms with Crippen molar-refractivity contribution in [3.05, 3.63) is 17.8 Å². The van der Waals surface area contributed by atoms with Crippen molar-refractivity contribution in [1.82, 2.24) is 10.3 Å². The van der Waals surface area contributed by atoms with Crippen LogP contribution in [0, 0.1) is 6.92 Å². The molecule has 1 aromatic rings. The van der Waals surface area contributed by atoms with Crippen molar-refractivity contribution in [2.45, 2.75) is 32.4 Å². The molecule has 2 unspecified atom stereocenters. The molecule has 102 valence electrons. The maximum Gasteiger partial charge on any atom is 0.353 e. The van der Waals surface area contributed by atoms with E-state index >= 15 is 0 Å². The summed E-state index contributed by atoms with van der Waals surface area (Å²) in [7, 11) is 0. The summed E-state index contributed by atoms with van der Waals surface area (Å²) in [5.74, 6) is -0.622. The molecule has 8 nitrogen and oxygen atoms in total. The number of hydrogen-bond donors (Lipinski definition) is 2. The van der Waals surface area contributed by atoms with Crippen LogP contribution in [0.25, 0.3) is 0 Å². The van der Waals surface area contributed by atoms with Gasteiger partial charge in [-0.25, -0.2) is 9.78 Å². The van der Waals surface area contributed by atoms with Gasteiger partial charge in [0.05, 0.1) is 6.20 Å². The van der Waals surface area contributed by atoms with Crippen LogP contribution >= 0.6 is 0 Å². The van der Waals surface area contributed by atoms with E-state index in [4.69, 9.17) is 14.4 Å². The second kappa shape index (κ2) is 5.09. The number of carbonyl (C=O) groups excluding carboxylic acids is 1. The van der Waals surface area contributed by atoms with E-state index in [1.54, 1.807) is 20.0 Å². The van der Waals surface area contributed by atoms with Crippen LogP contribution < -0.4 is 5.32 Å². The topological polar surface area (TPSA) is 114 Å². The van der Waals surface area contributed by atoms with Crippen molar-refractivity contribution < 1.29 is 24.0 Å². The standard InChI is InChI=1S/C11H13N3O5/c1-5-4-12-10(18-5)6(2)13-9(15)8-3-7(11(16)17)14-19-8/h4,6,8H,3H2,1-2H3,(H,13,15)(H,16,17). The predicted molar refractivity (Wildman–Crippen MR) is 62.4 cm³/mol. The van der Waals surface area contributed by atoms with E-state index in [2.05, 4.69) is 15.5 Å². The van der Waals surface area contributed by atoms with Gasteiger partial charge in [-0.1, -0.05) is 5.16 Å². The van der Waals surface area contributed by atoms with Crippen molar-refractivity contribution in [2.75, 3.05) is 0 Å². The van der Waals surface area contributed by atoms with Gasteiger partial charge >= 0.3 is 5.97 Å². The molecule has 19 heavy (non-hydrogen) atoms. The van der Waals surface area contributed by atoms with Crippen LogP contribution in [0.4, 0.5) is 0 Å². The van der Waals surface area contributed by atoms with Crippen LogP contribution in [0.3, 0.4) is 0 Å². The van der Waals surface area contributed by atoms with Gasteiger partial charge in [0.25, 0.3) is 5.91 Å². The average Bonchev–Trinajstić information content (AvgIpc) is 2.96. The lowest BCUT2D eigenvalue weighted by Gasteiger charge is -2.13. The van der Waals surface area contributed by atoms with Crippen molar-refractivity contribution in [1.29, 1.82) is 0 Å². The highest BCUT2D eigenvalue weighted by molar-refractivity contribution is 6.36. The molecule has 1 aromatic heterocycles. The van der Waals surface area contributed by atoms with Gasteiger partial charge in [0.15, 0.2) is 5.71 Å². The van der Waals surface area contributed by atoms with Gasteiger partial charge in [-0.05, 0) is 13.8 Å². The van der Waals surface area contributed by atoms with Crippen LogP contribution in [0.15, 0.2) is 15.8 Å². The first-order valence-electron chi connectivity index (χ1n) is 5.66. The van der Waals surface area contributed by atoms with Gasteiger partial charge in [0, 0.05) is 6.42 Å². The molecule has 0 aromatic carbocycles. The number of carboxylic acid groups (broad SMARTS) is 1. The fourth-order valence-electron chi connectivity index (χ4n) is 1.58. The molecule has 0 aliphatic carbocycles.